The normalized spacial score (nSPS) is 10.5. The van der Waals surface area contributed by atoms with Gasteiger partial charge in [0.15, 0.2) is 5.16 Å². The lowest BCUT2D eigenvalue weighted by molar-refractivity contribution is -0.118. The summed E-state index contributed by atoms with van der Waals surface area (Å²) in [6.07, 6.45) is 1.63. The lowest BCUT2D eigenvalue weighted by Crippen LogP contribution is -2.06. The van der Waals surface area contributed by atoms with Crippen molar-refractivity contribution in [3.8, 4) is 17.3 Å². The minimum absolute atomic E-state index is 0.107. The number of nitrogen functional groups attached to an aromatic ring is 1. The molecule has 0 aliphatic heterocycles. The van der Waals surface area contributed by atoms with Crippen LogP contribution in [0.1, 0.15) is 43.6 Å². The van der Waals surface area contributed by atoms with Crippen LogP contribution >= 0.6 is 11.8 Å². The third kappa shape index (κ3) is 6.60. The maximum atomic E-state index is 11.6. The number of rotatable bonds is 9. The van der Waals surface area contributed by atoms with Gasteiger partial charge in [-0.15, -0.1) is 0 Å². The molecule has 2 heterocycles. The molecule has 0 saturated carbocycles. The number of hydrogen-bond acceptors (Lipinski definition) is 8. The first-order valence-corrected chi connectivity index (χ1v) is 11.4. The van der Waals surface area contributed by atoms with E-state index in [1.54, 1.807) is 24.3 Å². The van der Waals surface area contributed by atoms with Crippen molar-refractivity contribution in [1.29, 1.82) is 5.26 Å². The number of amides is 1. The Balaban J connectivity index is 1.78. The van der Waals surface area contributed by atoms with E-state index in [-0.39, 0.29) is 23.1 Å². The maximum Gasteiger partial charge on any atom is 0.221 e. The number of carbonyl (C=O) groups is 2. The molecule has 1 aromatic carbocycles. The molecule has 0 aliphatic carbocycles. The molecule has 0 radical (unpaired) electrons. The third-order valence-electron chi connectivity index (χ3n) is 4.77. The summed E-state index contributed by atoms with van der Waals surface area (Å²) in [5.41, 5.74) is 9.73. The summed E-state index contributed by atoms with van der Waals surface area (Å²) in [4.78, 5) is 36.3. The van der Waals surface area contributed by atoms with Gasteiger partial charge in [0.1, 0.15) is 23.2 Å². The van der Waals surface area contributed by atoms with E-state index < -0.39 is 0 Å². The fourth-order valence-electron chi connectivity index (χ4n) is 3.09. The van der Waals surface area contributed by atoms with Crippen LogP contribution in [0.25, 0.3) is 11.3 Å². The van der Waals surface area contributed by atoms with Crippen LogP contribution in [0.15, 0.2) is 47.6 Å². The lowest BCUT2D eigenvalue weighted by Gasteiger charge is -2.10. The van der Waals surface area contributed by atoms with Crippen molar-refractivity contribution < 1.29 is 9.59 Å². The topological polar surface area (TPSA) is 135 Å². The van der Waals surface area contributed by atoms with E-state index in [4.69, 9.17) is 5.73 Å². The molecule has 168 valence electrons. The van der Waals surface area contributed by atoms with Crippen LogP contribution in [0, 0.1) is 11.3 Å². The predicted molar refractivity (Wildman–Crippen MR) is 128 cm³/mol. The summed E-state index contributed by atoms with van der Waals surface area (Å²) in [5, 5.41) is 12.7. The van der Waals surface area contributed by atoms with E-state index in [1.165, 1.54) is 18.7 Å². The van der Waals surface area contributed by atoms with Gasteiger partial charge in [-0.3, -0.25) is 14.6 Å². The molecule has 33 heavy (non-hydrogen) atoms. The first-order valence-electron chi connectivity index (χ1n) is 10.4. The summed E-state index contributed by atoms with van der Waals surface area (Å²) in [5.74, 6) is 0.674. The van der Waals surface area contributed by atoms with Crippen molar-refractivity contribution in [3.05, 3.63) is 59.4 Å². The van der Waals surface area contributed by atoms with E-state index in [2.05, 4.69) is 26.3 Å². The fraction of sp³-hybridized carbons (Fsp3) is 0.250. The molecule has 0 bridgehead atoms. The van der Waals surface area contributed by atoms with Crippen molar-refractivity contribution >= 4 is 35.0 Å². The van der Waals surface area contributed by atoms with Gasteiger partial charge in [0.2, 0.25) is 5.91 Å². The van der Waals surface area contributed by atoms with Gasteiger partial charge < -0.3 is 11.1 Å². The van der Waals surface area contributed by atoms with Crippen LogP contribution in [0.3, 0.4) is 0 Å². The average molecular weight is 461 g/mol. The van der Waals surface area contributed by atoms with Crippen LogP contribution in [0.2, 0.25) is 0 Å². The van der Waals surface area contributed by atoms with Crippen LogP contribution in [0.4, 0.5) is 11.5 Å². The fourth-order valence-corrected chi connectivity index (χ4v) is 3.84. The SMILES string of the molecule is CCC(=O)CCc1cccc(CSc2nc(N)c(C#N)c(-c3ccc(NC(C)=O)cc3)n2)n1. The Morgan fingerprint density at radius 2 is 1.82 bits per heavy atom. The smallest absolute Gasteiger partial charge is 0.221 e. The summed E-state index contributed by atoms with van der Waals surface area (Å²) in [6.45, 7) is 3.29. The number of aryl methyl sites for hydroxylation is 1. The minimum Gasteiger partial charge on any atom is -0.382 e. The molecule has 0 fully saturated rings. The van der Waals surface area contributed by atoms with Crippen LogP contribution in [-0.2, 0) is 21.8 Å². The molecule has 3 N–H and O–H groups in total. The highest BCUT2D eigenvalue weighted by atomic mass is 32.2. The van der Waals surface area contributed by atoms with E-state index >= 15 is 0 Å². The molecule has 9 heteroatoms. The first kappa shape index (κ1) is 23.9. The molecule has 1 amide bonds. The number of nitrogens with two attached hydrogens (primary N) is 1. The van der Waals surface area contributed by atoms with Gasteiger partial charge in [-0.2, -0.15) is 5.26 Å². The predicted octanol–water partition coefficient (Wildman–Crippen LogP) is 4.15. The van der Waals surface area contributed by atoms with E-state index in [1.807, 2.05) is 25.1 Å². The van der Waals surface area contributed by atoms with Gasteiger partial charge in [0, 0.05) is 42.5 Å². The lowest BCUT2D eigenvalue weighted by atomic mass is 10.1. The number of aromatic nitrogens is 3. The summed E-state index contributed by atoms with van der Waals surface area (Å²) < 4.78 is 0. The second kappa shape index (κ2) is 11.2. The van der Waals surface area contributed by atoms with Gasteiger partial charge in [-0.05, 0) is 30.7 Å². The van der Waals surface area contributed by atoms with Crippen molar-refractivity contribution in [2.75, 3.05) is 11.1 Å². The van der Waals surface area contributed by atoms with Crippen molar-refractivity contribution in [1.82, 2.24) is 15.0 Å². The molecule has 0 spiro atoms. The Labute approximate surface area is 196 Å². The number of carbonyl (C=O) groups excluding carboxylic acids is 2. The van der Waals surface area contributed by atoms with Gasteiger partial charge >= 0.3 is 0 Å². The van der Waals surface area contributed by atoms with E-state index in [0.717, 1.165) is 11.4 Å². The molecule has 0 aliphatic rings. The first-order chi connectivity index (χ1) is 15.9. The number of nitrogens with one attached hydrogen (secondary N) is 1. The van der Waals surface area contributed by atoms with Crippen molar-refractivity contribution in [2.24, 2.45) is 0 Å². The van der Waals surface area contributed by atoms with Gasteiger partial charge in [-0.25, -0.2) is 9.97 Å². The number of nitrogens with zero attached hydrogens (tertiary/aromatic N) is 4. The largest absolute Gasteiger partial charge is 0.382 e. The van der Waals surface area contributed by atoms with Gasteiger partial charge in [0.25, 0.3) is 0 Å². The molecular formula is C24H24N6O2S. The van der Waals surface area contributed by atoms with Crippen molar-refractivity contribution in [3.63, 3.8) is 0 Å². The number of thioether (sulfide) groups is 1. The van der Waals surface area contributed by atoms with Gasteiger partial charge in [-0.1, -0.05) is 36.9 Å². The number of anilines is 2. The Hall–Kier alpha value is -3.77. The number of Topliss-reactive ketones (excluding diaryl/α,β-unsaturated/α-hetero) is 1. The number of nitriles is 1. The molecule has 2 aromatic heterocycles. The number of hydrogen-bond donors (Lipinski definition) is 2. The zero-order valence-corrected chi connectivity index (χ0v) is 19.3. The van der Waals surface area contributed by atoms with E-state index in [9.17, 15) is 14.9 Å². The number of pyridine rings is 1. The Kier molecular flexibility index (Phi) is 8.11. The summed E-state index contributed by atoms with van der Waals surface area (Å²) in [7, 11) is 0. The van der Waals surface area contributed by atoms with Crippen LogP contribution in [0.5, 0.6) is 0 Å². The van der Waals surface area contributed by atoms with Crippen LogP contribution in [-0.4, -0.2) is 26.6 Å². The zero-order chi connectivity index (χ0) is 23.8. The van der Waals surface area contributed by atoms with Crippen LogP contribution < -0.4 is 11.1 Å². The molecular weight excluding hydrogens is 436 g/mol. The molecule has 0 saturated heterocycles. The Morgan fingerprint density at radius 3 is 2.48 bits per heavy atom. The third-order valence-corrected chi connectivity index (χ3v) is 5.66. The van der Waals surface area contributed by atoms with E-state index in [0.29, 0.717) is 47.1 Å². The molecule has 3 rings (SSSR count). The highest BCUT2D eigenvalue weighted by molar-refractivity contribution is 7.98. The Bertz CT molecular complexity index is 1200. The summed E-state index contributed by atoms with van der Waals surface area (Å²) >= 11 is 1.37. The monoisotopic (exact) mass is 460 g/mol. The number of benzene rings is 1. The molecule has 8 nitrogen and oxygen atoms in total. The minimum atomic E-state index is -0.167. The van der Waals surface area contributed by atoms with Crippen molar-refractivity contribution in [2.45, 2.75) is 44.0 Å². The highest BCUT2D eigenvalue weighted by Crippen LogP contribution is 2.29. The maximum absolute atomic E-state index is 11.6. The zero-order valence-electron chi connectivity index (χ0n) is 18.5. The van der Waals surface area contributed by atoms with Gasteiger partial charge in [0.05, 0.1) is 11.4 Å². The quantitative estimate of drug-likeness (QED) is 0.359. The molecule has 0 unspecified atom stereocenters. The highest BCUT2D eigenvalue weighted by Gasteiger charge is 2.15. The Morgan fingerprint density at radius 1 is 1.09 bits per heavy atom. The molecule has 0 atom stereocenters. The average Bonchev–Trinajstić information content (AvgIpc) is 2.81. The summed E-state index contributed by atoms with van der Waals surface area (Å²) in [6, 6.07) is 14.8. The second-order valence-corrected chi connectivity index (χ2v) is 8.23. The standard InChI is InChI=1S/C24H24N6O2S/c1-3-20(32)12-11-17-5-4-6-19(28-17)14-33-24-29-22(21(13-25)23(26)30-24)16-7-9-18(10-8-16)27-15(2)31/h4-10H,3,11-12,14H2,1-2H3,(H,27,31)(H2,26,29,30). The molecule has 3 aromatic rings. The second-order valence-electron chi connectivity index (χ2n) is 7.29. The number of ketones is 1.